The number of hydrogen-bond acceptors (Lipinski definition) is 3. The van der Waals surface area contributed by atoms with E-state index in [-0.39, 0.29) is 0 Å². The average molecular weight is 295 g/mol. The molecule has 1 unspecified atom stereocenters. The standard InChI is InChI=1S/C10H13BrClNO2/c1-15-6-8(14)5-13-7-2-3-10(12)9(11)4-7/h2-4,8,13-14H,5-6H2,1H3. The minimum atomic E-state index is -0.510. The molecule has 0 saturated carbocycles. The first-order valence-electron chi connectivity index (χ1n) is 4.49. The predicted octanol–water partition coefficient (Wildman–Crippen LogP) is 2.52. The summed E-state index contributed by atoms with van der Waals surface area (Å²) in [5.41, 5.74) is 0.904. The summed E-state index contributed by atoms with van der Waals surface area (Å²) in [6.07, 6.45) is -0.510. The van der Waals surface area contributed by atoms with Gasteiger partial charge >= 0.3 is 0 Å². The predicted molar refractivity (Wildman–Crippen MR) is 65.5 cm³/mol. The van der Waals surface area contributed by atoms with Gasteiger partial charge in [0.25, 0.3) is 0 Å². The van der Waals surface area contributed by atoms with Crippen molar-refractivity contribution in [2.24, 2.45) is 0 Å². The molecular formula is C10H13BrClNO2. The van der Waals surface area contributed by atoms with Gasteiger partial charge in [0.2, 0.25) is 0 Å². The fourth-order valence-electron chi connectivity index (χ4n) is 1.09. The molecule has 3 nitrogen and oxygen atoms in total. The molecule has 0 aromatic heterocycles. The normalized spacial score (nSPS) is 12.5. The van der Waals surface area contributed by atoms with E-state index in [9.17, 15) is 5.11 Å². The van der Waals surface area contributed by atoms with Crippen LogP contribution >= 0.6 is 27.5 Å². The molecule has 0 aliphatic heterocycles. The van der Waals surface area contributed by atoms with E-state index in [1.807, 2.05) is 12.1 Å². The fourth-order valence-corrected chi connectivity index (χ4v) is 1.59. The third-order valence-corrected chi connectivity index (χ3v) is 3.03. The maximum atomic E-state index is 9.41. The highest BCUT2D eigenvalue weighted by molar-refractivity contribution is 9.10. The first-order chi connectivity index (χ1) is 7.13. The summed E-state index contributed by atoms with van der Waals surface area (Å²) < 4.78 is 5.64. The molecule has 0 heterocycles. The second kappa shape index (κ2) is 6.33. The minimum absolute atomic E-state index is 0.321. The third-order valence-electron chi connectivity index (χ3n) is 1.82. The van der Waals surface area contributed by atoms with Crippen molar-refractivity contribution in [3.8, 4) is 0 Å². The van der Waals surface area contributed by atoms with Gasteiger partial charge in [-0.25, -0.2) is 0 Å². The molecule has 0 aliphatic carbocycles. The van der Waals surface area contributed by atoms with E-state index >= 15 is 0 Å². The van der Waals surface area contributed by atoms with Gasteiger partial charge in [0.1, 0.15) is 0 Å². The quantitative estimate of drug-likeness (QED) is 0.877. The van der Waals surface area contributed by atoms with E-state index < -0.39 is 6.10 Å². The van der Waals surface area contributed by atoms with Crippen LogP contribution in [0.3, 0.4) is 0 Å². The molecule has 5 heteroatoms. The monoisotopic (exact) mass is 293 g/mol. The number of methoxy groups -OCH3 is 1. The Bertz CT molecular complexity index is 322. The number of aliphatic hydroxyl groups is 1. The zero-order valence-corrected chi connectivity index (χ0v) is 10.7. The van der Waals surface area contributed by atoms with Crippen LogP contribution in [0.2, 0.25) is 5.02 Å². The fraction of sp³-hybridized carbons (Fsp3) is 0.400. The Morgan fingerprint density at radius 3 is 2.93 bits per heavy atom. The van der Waals surface area contributed by atoms with Gasteiger partial charge in [0.15, 0.2) is 0 Å². The largest absolute Gasteiger partial charge is 0.389 e. The molecule has 0 amide bonds. The number of hydrogen-bond donors (Lipinski definition) is 2. The summed E-state index contributed by atoms with van der Waals surface area (Å²) >= 11 is 9.17. The van der Waals surface area contributed by atoms with E-state index in [1.54, 1.807) is 13.2 Å². The third kappa shape index (κ3) is 4.38. The van der Waals surface area contributed by atoms with Crippen molar-refractivity contribution in [3.05, 3.63) is 27.7 Å². The molecule has 0 radical (unpaired) electrons. The Balaban J connectivity index is 2.47. The van der Waals surface area contributed by atoms with Crippen LogP contribution in [-0.4, -0.2) is 31.5 Å². The Kier molecular flexibility index (Phi) is 5.39. The van der Waals surface area contributed by atoms with E-state index in [2.05, 4.69) is 21.2 Å². The number of ether oxygens (including phenoxy) is 1. The molecule has 0 aliphatic rings. The van der Waals surface area contributed by atoms with Crippen molar-refractivity contribution in [1.29, 1.82) is 0 Å². The smallest absolute Gasteiger partial charge is 0.0945 e. The van der Waals surface area contributed by atoms with Gasteiger partial charge in [-0.3, -0.25) is 0 Å². The second-order valence-electron chi connectivity index (χ2n) is 3.12. The van der Waals surface area contributed by atoms with Crippen LogP contribution in [0.5, 0.6) is 0 Å². The molecule has 0 saturated heterocycles. The van der Waals surface area contributed by atoms with E-state index in [0.29, 0.717) is 18.2 Å². The molecule has 84 valence electrons. The van der Waals surface area contributed by atoms with E-state index in [1.165, 1.54) is 0 Å². The first kappa shape index (κ1) is 12.8. The lowest BCUT2D eigenvalue weighted by Crippen LogP contribution is -2.24. The Hall–Kier alpha value is -0.290. The average Bonchev–Trinajstić information content (AvgIpc) is 2.20. The highest BCUT2D eigenvalue weighted by Crippen LogP contribution is 2.25. The van der Waals surface area contributed by atoms with Crippen LogP contribution in [0.4, 0.5) is 5.69 Å². The van der Waals surface area contributed by atoms with Crippen molar-refractivity contribution in [2.45, 2.75) is 6.10 Å². The summed E-state index contributed by atoms with van der Waals surface area (Å²) in [4.78, 5) is 0. The molecular weight excluding hydrogens is 281 g/mol. The van der Waals surface area contributed by atoms with Gasteiger partial charge in [0, 0.05) is 23.8 Å². The summed E-state index contributed by atoms with van der Waals surface area (Å²) in [6, 6.07) is 5.51. The van der Waals surface area contributed by atoms with Crippen molar-refractivity contribution in [1.82, 2.24) is 0 Å². The molecule has 1 aromatic carbocycles. The number of aliphatic hydroxyl groups excluding tert-OH is 1. The lowest BCUT2D eigenvalue weighted by Gasteiger charge is -2.12. The maximum Gasteiger partial charge on any atom is 0.0945 e. The van der Waals surface area contributed by atoms with Crippen LogP contribution in [0, 0.1) is 0 Å². The summed E-state index contributed by atoms with van der Waals surface area (Å²) in [5.74, 6) is 0. The van der Waals surface area contributed by atoms with Crippen LogP contribution < -0.4 is 5.32 Å². The zero-order chi connectivity index (χ0) is 11.3. The maximum absolute atomic E-state index is 9.41. The summed E-state index contributed by atoms with van der Waals surface area (Å²) in [6.45, 7) is 0.768. The molecule has 0 spiro atoms. The number of benzene rings is 1. The highest BCUT2D eigenvalue weighted by atomic mass is 79.9. The van der Waals surface area contributed by atoms with Gasteiger partial charge in [-0.2, -0.15) is 0 Å². The molecule has 15 heavy (non-hydrogen) atoms. The van der Waals surface area contributed by atoms with Crippen molar-refractivity contribution in [3.63, 3.8) is 0 Å². The SMILES string of the molecule is COCC(O)CNc1ccc(Cl)c(Br)c1. The van der Waals surface area contributed by atoms with Crippen LogP contribution in [-0.2, 0) is 4.74 Å². The molecule has 2 N–H and O–H groups in total. The van der Waals surface area contributed by atoms with Crippen LogP contribution in [0.1, 0.15) is 0 Å². The Labute approximate surface area is 103 Å². The van der Waals surface area contributed by atoms with Crippen LogP contribution in [0.25, 0.3) is 0 Å². The Morgan fingerprint density at radius 1 is 1.60 bits per heavy atom. The van der Waals surface area contributed by atoms with Crippen LogP contribution in [0.15, 0.2) is 22.7 Å². The number of nitrogens with one attached hydrogen (secondary N) is 1. The van der Waals surface area contributed by atoms with Crippen molar-refractivity contribution < 1.29 is 9.84 Å². The molecule has 1 rings (SSSR count). The number of anilines is 1. The second-order valence-corrected chi connectivity index (χ2v) is 4.38. The molecule has 0 bridgehead atoms. The van der Waals surface area contributed by atoms with E-state index in [0.717, 1.165) is 10.2 Å². The topological polar surface area (TPSA) is 41.5 Å². The lowest BCUT2D eigenvalue weighted by molar-refractivity contribution is 0.0727. The van der Waals surface area contributed by atoms with Gasteiger partial charge in [-0.15, -0.1) is 0 Å². The number of rotatable bonds is 5. The zero-order valence-electron chi connectivity index (χ0n) is 8.34. The molecule has 1 atom stereocenters. The summed E-state index contributed by atoms with van der Waals surface area (Å²) in [7, 11) is 1.56. The highest BCUT2D eigenvalue weighted by Gasteiger charge is 2.03. The molecule has 0 fully saturated rings. The summed E-state index contributed by atoms with van der Waals surface area (Å²) in [5, 5.41) is 13.2. The van der Waals surface area contributed by atoms with Crippen molar-refractivity contribution >= 4 is 33.2 Å². The first-order valence-corrected chi connectivity index (χ1v) is 5.66. The van der Waals surface area contributed by atoms with Gasteiger partial charge in [-0.1, -0.05) is 11.6 Å². The van der Waals surface area contributed by atoms with Crippen molar-refractivity contribution in [2.75, 3.05) is 25.6 Å². The molecule has 1 aromatic rings. The van der Waals surface area contributed by atoms with Gasteiger partial charge < -0.3 is 15.2 Å². The Morgan fingerprint density at radius 2 is 2.33 bits per heavy atom. The van der Waals surface area contributed by atoms with E-state index in [4.69, 9.17) is 16.3 Å². The van der Waals surface area contributed by atoms with Gasteiger partial charge in [-0.05, 0) is 34.1 Å². The minimum Gasteiger partial charge on any atom is -0.389 e. The van der Waals surface area contributed by atoms with Gasteiger partial charge in [0.05, 0.1) is 17.7 Å². The number of halogens is 2. The lowest BCUT2D eigenvalue weighted by atomic mass is 10.3.